The first-order valence-corrected chi connectivity index (χ1v) is 9.56. The lowest BCUT2D eigenvalue weighted by molar-refractivity contribution is -0.131. The van der Waals surface area contributed by atoms with Crippen LogP contribution in [0, 0.1) is 0 Å². The third kappa shape index (κ3) is 3.38. The second-order valence-corrected chi connectivity index (χ2v) is 7.46. The topological polar surface area (TPSA) is 56.2 Å². The molecule has 1 atom stereocenters. The molecular formula is C20H26N4O2. The minimum atomic E-state index is -0.0241. The molecule has 138 valence electrons. The Bertz CT molecular complexity index is 737. The van der Waals surface area contributed by atoms with E-state index in [1.165, 1.54) is 22.6 Å². The van der Waals surface area contributed by atoms with Crippen molar-refractivity contribution in [2.75, 3.05) is 33.2 Å². The van der Waals surface area contributed by atoms with E-state index < -0.39 is 0 Å². The fraction of sp³-hybridized carbons (Fsp3) is 0.550. The highest BCUT2D eigenvalue weighted by molar-refractivity contribution is 6.39. The van der Waals surface area contributed by atoms with Crippen molar-refractivity contribution >= 4 is 17.5 Å². The van der Waals surface area contributed by atoms with Gasteiger partial charge in [-0.15, -0.1) is 0 Å². The molecule has 4 rings (SSSR count). The predicted molar refractivity (Wildman–Crippen MR) is 99.8 cm³/mol. The molecule has 2 heterocycles. The largest absolute Gasteiger partial charge is 0.335 e. The first-order valence-electron chi connectivity index (χ1n) is 9.56. The number of rotatable bonds is 2. The summed E-state index contributed by atoms with van der Waals surface area (Å²) in [5, 5.41) is 5.47. The summed E-state index contributed by atoms with van der Waals surface area (Å²) in [7, 11) is 1.62. The summed E-state index contributed by atoms with van der Waals surface area (Å²) >= 11 is 0. The van der Waals surface area contributed by atoms with E-state index in [1.807, 2.05) is 4.90 Å². The number of hydrogen-bond acceptors (Lipinski definition) is 4. The monoisotopic (exact) mass is 354 g/mol. The SMILES string of the molecule is CN1N=C(C(=O)N2CCN([C@@H]3CCc4ccccc4C3)CC2)CCC1=O. The van der Waals surface area contributed by atoms with Gasteiger partial charge in [0.1, 0.15) is 5.71 Å². The van der Waals surface area contributed by atoms with Crippen molar-refractivity contribution in [2.24, 2.45) is 5.10 Å². The standard InChI is InChI=1S/C20H26N4O2/c1-22-19(25)9-8-18(21-22)20(26)24-12-10-23(11-13-24)17-7-6-15-4-2-3-5-16(15)14-17/h2-5,17H,6-14H2,1H3/t17-/m1/s1. The summed E-state index contributed by atoms with van der Waals surface area (Å²) < 4.78 is 0. The van der Waals surface area contributed by atoms with Crippen molar-refractivity contribution in [3.63, 3.8) is 0 Å². The molecule has 1 saturated heterocycles. The van der Waals surface area contributed by atoms with Crippen LogP contribution in [0.2, 0.25) is 0 Å². The number of benzene rings is 1. The molecule has 0 spiro atoms. The first-order chi connectivity index (χ1) is 12.6. The zero-order valence-electron chi connectivity index (χ0n) is 15.4. The number of fused-ring (bicyclic) bond motifs is 1. The van der Waals surface area contributed by atoms with Crippen LogP contribution in [0.3, 0.4) is 0 Å². The minimum absolute atomic E-state index is 0.00186. The van der Waals surface area contributed by atoms with Crippen LogP contribution in [0.4, 0.5) is 0 Å². The van der Waals surface area contributed by atoms with Gasteiger partial charge in [-0.2, -0.15) is 5.10 Å². The van der Waals surface area contributed by atoms with Crippen molar-refractivity contribution in [3.05, 3.63) is 35.4 Å². The summed E-state index contributed by atoms with van der Waals surface area (Å²) in [5.41, 5.74) is 3.49. The maximum absolute atomic E-state index is 12.7. The second kappa shape index (κ2) is 7.19. The van der Waals surface area contributed by atoms with Gasteiger partial charge in [0.15, 0.2) is 0 Å². The van der Waals surface area contributed by atoms with Crippen LogP contribution in [0.25, 0.3) is 0 Å². The van der Waals surface area contributed by atoms with E-state index in [-0.39, 0.29) is 11.8 Å². The van der Waals surface area contributed by atoms with E-state index in [4.69, 9.17) is 0 Å². The van der Waals surface area contributed by atoms with Crippen LogP contribution < -0.4 is 0 Å². The Labute approximate surface area is 154 Å². The van der Waals surface area contributed by atoms with Crippen molar-refractivity contribution in [2.45, 2.75) is 38.1 Å². The Balaban J connectivity index is 1.34. The van der Waals surface area contributed by atoms with E-state index in [2.05, 4.69) is 34.3 Å². The molecule has 2 aliphatic heterocycles. The van der Waals surface area contributed by atoms with Gasteiger partial charge in [-0.25, -0.2) is 5.01 Å². The van der Waals surface area contributed by atoms with Crippen LogP contribution in [-0.2, 0) is 22.4 Å². The molecular weight excluding hydrogens is 328 g/mol. The molecule has 6 heteroatoms. The predicted octanol–water partition coefficient (Wildman–Crippen LogP) is 1.30. The second-order valence-electron chi connectivity index (χ2n) is 7.46. The number of nitrogens with zero attached hydrogens (tertiary/aromatic N) is 4. The van der Waals surface area contributed by atoms with E-state index in [0.717, 1.165) is 39.0 Å². The van der Waals surface area contributed by atoms with Gasteiger partial charge < -0.3 is 4.90 Å². The molecule has 3 aliphatic rings. The molecule has 0 unspecified atom stereocenters. The fourth-order valence-electron chi connectivity index (χ4n) is 4.29. The molecule has 0 radical (unpaired) electrons. The summed E-state index contributed by atoms with van der Waals surface area (Å²) in [5.74, 6) is -0.0260. The molecule has 1 fully saturated rings. The van der Waals surface area contributed by atoms with Gasteiger partial charge >= 0.3 is 0 Å². The Hall–Kier alpha value is -2.21. The van der Waals surface area contributed by atoms with Gasteiger partial charge in [0.2, 0.25) is 5.91 Å². The first kappa shape index (κ1) is 17.2. The lowest BCUT2D eigenvalue weighted by atomic mass is 9.87. The van der Waals surface area contributed by atoms with Gasteiger partial charge in [-0.1, -0.05) is 24.3 Å². The number of hydrogen-bond donors (Lipinski definition) is 0. The molecule has 1 aromatic carbocycles. The average molecular weight is 354 g/mol. The lowest BCUT2D eigenvalue weighted by Crippen LogP contribution is -2.54. The Morgan fingerprint density at radius 1 is 1.04 bits per heavy atom. The lowest BCUT2D eigenvalue weighted by Gasteiger charge is -2.41. The number of carbonyl (C=O) groups excluding carboxylic acids is 2. The molecule has 1 aromatic rings. The normalized spacial score (nSPS) is 24.3. The highest BCUT2D eigenvalue weighted by atomic mass is 16.2. The maximum Gasteiger partial charge on any atom is 0.270 e. The molecule has 0 N–H and O–H groups in total. The van der Waals surface area contributed by atoms with Crippen LogP contribution >= 0.6 is 0 Å². The smallest absolute Gasteiger partial charge is 0.270 e. The van der Waals surface area contributed by atoms with Crippen LogP contribution in [0.5, 0.6) is 0 Å². The molecule has 0 bridgehead atoms. The van der Waals surface area contributed by atoms with Crippen molar-refractivity contribution in [1.82, 2.24) is 14.8 Å². The molecule has 26 heavy (non-hydrogen) atoms. The summed E-state index contributed by atoms with van der Waals surface area (Å²) in [6, 6.07) is 9.33. The Kier molecular flexibility index (Phi) is 4.76. The highest BCUT2D eigenvalue weighted by Crippen LogP contribution is 2.25. The van der Waals surface area contributed by atoms with Gasteiger partial charge in [-0.3, -0.25) is 14.5 Å². The minimum Gasteiger partial charge on any atom is -0.335 e. The van der Waals surface area contributed by atoms with E-state index >= 15 is 0 Å². The summed E-state index contributed by atoms with van der Waals surface area (Å²) in [6.07, 6.45) is 4.30. The van der Waals surface area contributed by atoms with E-state index in [1.54, 1.807) is 7.05 Å². The van der Waals surface area contributed by atoms with Gasteiger partial charge in [-0.05, 0) is 30.4 Å². The van der Waals surface area contributed by atoms with Gasteiger partial charge in [0.25, 0.3) is 5.91 Å². The zero-order chi connectivity index (χ0) is 18.1. The summed E-state index contributed by atoms with van der Waals surface area (Å²) in [6.45, 7) is 3.32. The maximum atomic E-state index is 12.7. The Morgan fingerprint density at radius 3 is 2.50 bits per heavy atom. The number of carbonyl (C=O) groups is 2. The average Bonchev–Trinajstić information content (AvgIpc) is 2.69. The van der Waals surface area contributed by atoms with E-state index in [9.17, 15) is 9.59 Å². The van der Waals surface area contributed by atoms with Crippen molar-refractivity contribution in [1.29, 1.82) is 0 Å². The number of aryl methyl sites for hydroxylation is 1. The molecule has 0 aromatic heterocycles. The Morgan fingerprint density at radius 2 is 1.77 bits per heavy atom. The van der Waals surface area contributed by atoms with Crippen LogP contribution in [-0.4, -0.2) is 71.6 Å². The zero-order valence-corrected chi connectivity index (χ0v) is 15.4. The fourth-order valence-corrected chi connectivity index (χ4v) is 4.29. The molecule has 2 amide bonds. The molecule has 6 nitrogen and oxygen atoms in total. The van der Waals surface area contributed by atoms with Crippen LogP contribution in [0.15, 0.2) is 29.4 Å². The molecule has 1 aliphatic carbocycles. The third-order valence-corrected chi connectivity index (χ3v) is 5.89. The number of amides is 2. The highest BCUT2D eigenvalue weighted by Gasteiger charge is 2.31. The number of hydrazone groups is 1. The quantitative estimate of drug-likeness (QED) is 0.804. The molecule has 0 saturated carbocycles. The van der Waals surface area contributed by atoms with Crippen LogP contribution in [0.1, 0.15) is 30.4 Å². The third-order valence-electron chi connectivity index (χ3n) is 5.89. The number of piperazine rings is 1. The van der Waals surface area contributed by atoms with Crippen molar-refractivity contribution < 1.29 is 9.59 Å². The van der Waals surface area contributed by atoms with Crippen molar-refractivity contribution in [3.8, 4) is 0 Å². The van der Waals surface area contributed by atoms with Gasteiger partial charge in [0, 0.05) is 52.1 Å². The van der Waals surface area contributed by atoms with E-state index in [0.29, 0.717) is 24.6 Å². The summed E-state index contributed by atoms with van der Waals surface area (Å²) in [4.78, 5) is 28.7. The van der Waals surface area contributed by atoms with Gasteiger partial charge in [0.05, 0.1) is 0 Å².